The summed E-state index contributed by atoms with van der Waals surface area (Å²) in [5.41, 5.74) is 3.41. The van der Waals surface area contributed by atoms with Gasteiger partial charge in [0, 0.05) is 28.9 Å². The highest BCUT2D eigenvalue weighted by atomic mass is 32.1. The number of hydrogen-bond acceptors (Lipinski definition) is 4. The summed E-state index contributed by atoms with van der Waals surface area (Å²) in [6, 6.07) is 33.1. The van der Waals surface area contributed by atoms with Crippen molar-refractivity contribution in [2.24, 2.45) is 0 Å². The Hall–Kier alpha value is -4.49. The molecule has 6 nitrogen and oxygen atoms in total. The largest absolute Gasteiger partial charge is 0.493 e. The Kier molecular flexibility index (Phi) is 8.40. The summed E-state index contributed by atoms with van der Waals surface area (Å²) in [4.78, 5) is 25.1. The second-order valence-electron chi connectivity index (χ2n) is 7.92. The molecule has 0 atom stereocenters. The molecule has 0 fully saturated rings. The summed E-state index contributed by atoms with van der Waals surface area (Å²) in [5, 5.41) is 8.65. The Morgan fingerprint density at radius 1 is 0.667 bits per heavy atom. The van der Waals surface area contributed by atoms with Gasteiger partial charge in [-0.3, -0.25) is 14.9 Å². The van der Waals surface area contributed by atoms with Crippen LogP contribution in [0.3, 0.4) is 0 Å². The molecule has 4 rings (SSSR count). The lowest BCUT2D eigenvalue weighted by molar-refractivity contribution is 0.0976. The molecule has 0 bridgehead atoms. The van der Waals surface area contributed by atoms with E-state index in [1.54, 1.807) is 66.7 Å². The van der Waals surface area contributed by atoms with Crippen LogP contribution in [-0.4, -0.2) is 23.5 Å². The monoisotopic (exact) mass is 495 g/mol. The third kappa shape index (κ3) is 7.25. The number of anilines is 2. The van der Waals surface area contributed by atoms with E-state index in [0.29, 0.717) is 34.9 Å². The minimum absolute atomic E-state index is 0.141. The van der Waals surface area contributed by atoms with E-state index in [4.69, 9.17) is 17.0 Å². The van der Waals surface area contributed by atoms with Crippen molar-refractivity contribution >= 4 is 40.5 Å². The van der Waals surface area contributed by atoms with Crippen molar-refractivity contribution in [3.63, 3.8) is 0 Å². The molecule has 7 heteroatoms. The smallest absolute Gasteiger partial charge is 0.257 e. The Bertz CT molecular complexity index is 1340. The minimum Gasteiger partial charge on any atom is -0.493 e. The van der Waals surface area contributed by atoms with Crippen molar-refractivity contribution in [1.82, 2.24) is 5.32 Å². The summed E-state index contributed by atoms with van der Waals surface area (Å²) >= 11 is 5.32. The molecule has 180 valence electrons. The van der Waals surface area contributed by atoms with Crippen molar-refractivity contribution in [3.8, 4) is 5.75 Å². The summed E-state index contributed by atoms with van der Waals surface area (Å²) in [6.45, 7) is 0.506. The average Bonchev–Trinajstić information content (AvgIpc) is 2.90. The van der Waals surface area contributed by atoms with E-state index in [-0.39, 0.29) is 16.9 Å². The van der Waals surface area contributed by atoms with E-state index >= 15 is 0 Å². The van der Waals surface area contributed by atoms with E-state index in [1.165, 1.54) is 5.56 Å². The Morgan fingerprint density at radius 2 is 1.31 bits per heavy atom. The molecular formula is C29H25N3O3S. The molecule has 0 spiro atoms. The van der Waals surface area contributed by atoms with E-state index in [9.17, 15) is 9.59 Å². The normalized spacial score (nSPS) is 10.2. The maximum absolute atomic E-state index is 12.7. The van der Waals surface area contributed by atoms with Gasteiger partial charge in [-0.05, 0) is 66.3 Å². The predicted molar refractivity (Wildman–Crippen MR) is 147 cm³/mol. The lowest BCUT2D eigenvalue weighted by atomic mass is 10.2. The van der Waals surface area contributed by atoms with Gasteiger partial charge in [0.15, 0.2) is 5.11 Å². The molecule has 2 amide bonds. The molecular weight excluding hydrogens is 470 g/mol. The number of carbonyl (C=O) groups excluding carboxylic acids is 2. The summed E-state index contributed by atoms with van der Waals surface area (Å²) in [5.74, 6) is 0.0448. The van der Waals surface area contributed by atoms with Gasteiger partial charge >= 0.3 is 0 Å². The zero-order valence-electron chi connectivity index (χ0n) is 19.4. The summed E-state index contributed by atoms with van der Waals surface area (Å²) < 4.78 is 5.82. The number of thiocarbonyl (C=S) groups is 1. The van der Waals surface area contributed by atoms with Gasteiger partial charge in [0.05, 0.1) is 6.61 Å². The van der Waals surface area contributed by atoms with Crippen molar-refractivity contribution in [2.45, 2.75) is 6.42 Å². The maximum Gasteiger partial charge on any atom is 0.257 e. The van der Waals surface area contributed by atoms with Crippen LogP contribution in [0.2, 0.25) is 0 Å². The maximum atomic E-state index is 12.7. The minimum atomic E-state index is -0.352. The number of nitrogens with one attached hydrogen (secondary N) is 3. The lowest BCUT2D eigenvalue weighted by Crippen LogP contribution is -2.34. The quantitative estimate of drug-likeness (QED) is 0.274. The number of ether oxygens (including phenoxy) is 1. The Balaban J connectivity index is 1.29. The first-order chi connectivity index (χ1) is 17.6. The fraction of sp³-hybridized carbons (Fsp3) is 0.0690. The molecule has 0 unspecified atom stereocenters. The first kappa shape index (κ1) is 24.6. The molecule has 0 aliphatic heterocycles. The van der Waals surface area contributed by atoms with Crippen LogP contribution in [0.25, 0.3) is 0 Å². The van der Waals surface area contributed by atoms with Crippen molar-refractivity contribution in [2.75, 3.05) is 17.2 Å². The van der Waals surface area contributed by atoms with Gasteiger partial charge in [-0.15, -0.1) is 0 Å². The fourth-order valence-corrected chi connectivity index (χ4v) is 3.67. The van der Waals surface area contributed by atoms with Gasteiger partial charge in [-0.25, -0.2) is 0 Å². The molecule has 0 aliphatic rings. The van der Waals surface area contributed by atoms with Gasteiger partial charge in [0.2, 0.25) is 0 Å². The predicted octanol–water partition coefficient (Wildman–Crippen LogP) is 5.69. The van der Waals surface area contributed by atoms with Crippen LogP contribution in [0.1, 0.15) is 26.3 Å². The van der Waals surface area contributed by atoms with Crippen molar-refractivity contribution < 1.29 is 14.3 Å². The summed E-state index contributed by atoms with van der Waals surface area (Å²) in [7, 11) is 0. The number of carbonyl (C=O) groups is 2. The molecule has 36 heavy (non-hydrogen) atoms. The molecule has 4 aromatic rings. The van der Waals surface area contributed by atoms with Crippen LogP contribution in [0.15, 0.2) is 109 Å². The molecule has 0 aromatic heterocycles. The highest BCUT2D eigenvalue weighted by Crippen LogP contribution is 2.17. The highest BCUT2D eigenvalue weighted by Gasteiger charge is 2.10. The van der Waals surface area contributed by atoms with E-state index in [2.05, 4.69) is 16.0 Å². The first-order valence-electron chi connectivity index (χ1n) is 11.4. The van der Waals surface area contributed by atoms with Crippen molar-refractivity contribution in [1.29, 1.82) is 0 Å². The van der Waals surface area contributed by atoms with Gasteiger partial charge in [0.25, 0.3) is 11.8 Å². The molecule has 3 N–H and O–H groups in total. The third-order valence-corrected chi connectivity index (χ3v) is 5.44. The zero-order valence-corrected chi connectivity index (χ0v) is 20.3. The van der Waals surface area contributed by atoms with Gasteiger partial charge in [0.1, 0.15) is 5.75 Å². The van der Waals surface area contributed by atoms with Crippen LogP contribution in [0.4, 0.5) is 11.4 Å². The number of hydrogen-bond donors (Lipinski definition) is 3. The second-order valence-corrected chi connectivity index (χ2v) is 8.33. The van der Waals surface area contributed by atoms with E-state index < -0.39 is 0 Å². The van der Waals surface area contributed by atoms with Crippen molar-refractivity contribution in [3.05, 3.63) is 126 Å². The standard InChI is InChI=1S/C29H25N3O3S/c33-27(22-11-5-2-6-12-22)30-24-14-8-15-25(20-24)31-29(36)32-28(34)23-13-7-16-26(19-23)35-18-17-21-9-3-1-4-10-21/h1-16,19-20H,17-18H2,(H,30,33)(H2,31,32,34,36). The Labute approximate surface area is 215 Å². The molecule has 0 saturated heterocycles. The topological polar surface area (TPSA) is 79.5 Å². The molecule has 0 aliphatic carbocycles. The van der Waals surface area contributed by atoms with Crippen LogP contribution in [0, 0.1) is 0 Å². The van der Waals surface area contributed by atoms with Crippen LogP contribution in [-0.2, 0) is 6.42 Å². The second kappa shape index (κ2) is 12.3. The number of amides is 2. The summed E-state index contributed by atoms with van der Waals surface area (Å²) in [6.07, 6.45) is 0.774. The molecule has 0 heterocycles. The Morgan fingerprint density at radius 3 is 2.06 bits per heavy atom. The molecule has 4 aromatic carbocycles. The first-order valence-corrected chi connectivity index (χ1v) is 11.8. The molecule has 0 saturated carbocycles. The number of benzene rings is 4. The highest BCUT2D eigenvalue weighted by molar-refractivity contribution is 7.80. The van der Waals surface area contributed by atoms with E-state index in [1.807, 2.05) is 42.5 Å². The third-order valence-electron chi connectivity index (χ3n) is 5.24. The lowest BCUT2D eigenvalue weighted by Gasteiger charge is -2.12. The van der Waals surface area contributed by atoms with Crippen LogP contribution < -0.4 is 20.7 Å². The molecule has 0 radical (unpaired) electrons. The average molecular weight is 496 g/mol. The zero-order chi connectivity index (χ0) is 25.2. The van der Waals surface area contributed by atoms with E-state index in [0.717, 1.165) is 6.42 Å². The van der Waals surface area contributed by atoms with Crippen LogP contribution in [0.5, 0.6) is 5.75 Å². The SMILES string of the molecule is O=C(NC(=S)Nc1cccc(NC(=O)c2ccccc2)c1)c1cccc(OCCc2ccccc2)c1. The van der Waals surface area contributed by atoms with Gasteiger partial charge in [-0.1, -0.05) is 60.7 Å². The van der Waals surface area contributed by atoms with Gasteiger partial charge < -0.3 is 15.4 Å². The number of rotatable bonds is 8. The fourth-order valence-electron chi connectivity index (χ4n) is 3.46. The van der Waals surface area contributed by atoms with Gasteiger partial charge in [-0.2, -0.15) is 0 Å². The van der Waals surface area contributed by atoms with Crippen LogP contribution >= 0.6 is 12.2 Å².